The van der Waals surface area contributed by atoms with Crippen LogP contribution in [0.15, 0.2) is 14.5 Å². The molecule has 7 nitrogen and oxygen atoms in total. The van der Waals surface area contributed by atoms with Crippen LogP contribution in [0.25, 0.3) is 0 Å². The molecule has 0 aliphatic carbocycles. The number of sulfonamides is 1. The summed E-state index contributed by atoms with van der Waals surface area (Å²) in [5.74, 6) is 0. The molecule has 0 saturated carbocycles. The van der Waals surface area contributed by atoms with E-state index in [0.29, 0.717) is 6.61 Å². The Bertz CT molecular complexity index is 650. The Kier molecular flexibility index (Phi) is 8.15. The van der Waals surface area contributed by atoms with Gasteiger partial charge in [0, 0.05) is 26.2 Å². The topological polar surface area (TPSA) is 93.9 Å². The fourth-order valence-corrected chi connectivity index (χ4v) is 6.04. The van der Waals surface area contributed by atoms with Crippen molar-refractivity contribution < 1.29 is 17.9 Å². The molecule has 2 rings (SSSR count). The Balaban J connectivity index is 2.02. The summed E-state index contributed by atoms with van der Waals surface area (Å²) in [5.41, 5.74) is 1.04. The molecule has 144 valence electrons. The third-order valence-electron chi connectivity index (χ3n) is 3.83. The fraction of sp³-hybridized carbons (Fsp3) is 0.733. The summed E-state index contributed by atoms with van der Waals surface area (Å²) in [4.78, 5) is 0. The lowest BCUT2D eigenvalue weighted by molar-refractivity contribution is -0.111. The van der Waals surface area contributed by atoms with Crippen LogP contribution in [0.5, 0.6) is 0 Å². The number of nitrogens with two attached hydrogens (primary N) is 1. The van der Waals surface area contributed by atoms with Gasteiger partial charge in [-0.1, -0.05) is 6.92 Å². The Morgan fingerprint density at radius 1 is 1.52 bits per heavy atom. The number of nitrogens with zero attached hydrogens (tertiary/aromatic N) is 1. The SMILES string of the molecule is CCCN[C@H]1CN(CCCOC(C)OC)Sc2sc(S(N)(=O)=O)cc21. The number of hydrogen-bond donors (Lipinski definition) is 2. The summed E-state index contributed by atoms with van der Waals surface area (Å²) in [6.45, 7) is 7.16. The van der Waals surface area contributed by atoms with E-state index >= 15 is 0 Å². The van der Waals surface area contributed by atoms with Gasteiger partial charge in [-0.2, -0.15) is 0 Å². The van der Waals surface area contributed by atoms with Crippen molar-refractivity contribution in [2.45, 2.75) is 47.4 Å². The van der Waals surface area contributed by atoms with Gasteiger partial charge in [0.05, 0.1) is 10.8 Å². The minimum Gasteiger partial charge on any atom is -0.356 e. The molecule has 0 spiro atoms. The Hall–Kier alpha value is -0.200. The second kappa shape index (κ2) is 9.65. The first-order valence-corrected chi connectivity index (χ1v) is 11.5. The van der Waals surface area contributed by atoms with Crippen LogP contribution >= 0.6 is 23.3 Å². The standard InChI is InChI=1S/C15H27N3O4S3/c1-4-6-17-13-10-18(7-5-8-22-11(2)21-3)24-15-12(13)9-14(23-15)25(16,19)20/h9,11,13,17H,4-8,10H2,1-3H3,(H2,16,19,20)/t11?,13-/m0/s1. The highest BCUT2D eigenvalue weighted by Gasteiger charge is 2.30. The predicted octanol–water partition coefficient (Wildman–Crippen LogP) is 2.16. The highest BCUT2D eigenvalue weighted by Crippen LogP contribution is 2.43. The first-order chi connectivity index (χ1) is 11.8. The number of fused-ring (bicyclic) bond motifs is 1. The predicted molar refractivity (Wildman–Crippen MR) is 101 cm³/mol. The maximum absolute atomic E-state index is 11.7. The van der Waals surface area contributed by atoms with Crippen molar-refractivity contribution in [2.75, 3.05) is 33.4 Å². The highest BCUT2D eigenvalue weighted by atomic mass is 32.3. The van der Waals surface area contributed by atoms with Crippen LogP contribution in [0, 0.1) is 0 Å². The first kappa shape index (κ1) is 21.1. The lowest BCUT2D eigenvalue weighted by Crippen LogP contribution is -2.35. The van der Waals surface area contributed by atoms with Gasteiger partial charge in [-0.15, -0.1) is 11.3 Å². The quantitative estimate of drug-likeness (QED) is 0.347. The molecule has 10 heteroatoms. The van der Waals surface area contributed by atoms with Crippen LogP contribution in [0.4, 0.5) is 0 Å². The lowest BCUT2D eigenvalue weighted by Gasteiger charge is -2.32. The van der Waals surface area contributed by atoms with Gasteiger partial charge < -0.3 is 14.8 Å². The molecule has 0 amide bonds. The molecule has 0 radical (unpaired) electrons. The van der Waals surface area contributed by atoms with Gasteiger partial charge in [-0.3, -0.25) is 0 Å². The summed E-state index contributed by atoms with van der Waals surface area (Å²) in [5, 5.41) is 8.80. The van der Waals surface area contributed by atoms with E-state index in [2.05, 4.69) is 16.5 Å². The molecule has 25 heavy (non-hydrogen) atoms. The molecular formula is C15H27N3O4S3. The Labute approximate surface area is 158 Å². The van der Waals surface area contributed by atoms with Crippen molar-refractivity contribution >= 4 is 33.3 Å². The van der Waals surface area contributed by atoms with E-state index in [1.807, 2.05) is 6.92 Å². The van der Waals surface area contributed by atoms with Gasteiger partial charge in [-0.25, -0.2) is 17.9 Å². The van der Waals surface area contributed by atoms with Gasteiger partial charge in [0.1, 0.15) is 4.21 Å². The molecule has 1 unspecified atom stereocenters. The molecule has 0 saturated heterocycles. The second-order valence-corrected chi connectivity index (χ2v) is 10.1. The average molecular weight is 410 g/mol. The van der Waals surface area contributed by atoms with Crippen molar-refractivity contribution in [3.05, 3.63) is 11.6 Å². The molecule has 2 heterocycles. The van der Waals surface area contributed by atoms with Gasteiger partial charge in [0.15, 0.2) is 6.29 Å². The van der Waals surface area contributed by atoms with Crippen LogP contribution < -0.4 is 10.5 Å². The zero-order valence-electron chi connectivity index (χ0n) is 14.9. The van der Waals surface area contributed by atoms with Crippen LogP contribution in [0.1, 0.15) is 38.3 Å². The van der Waals surface area contributed by atoms with Crippen LogP contribution in [-0.2, 0) is 19.5 Å². The molecule has 1 aromatic heterocycles. The number of hydrogen-bond acceptors (Lipinski definition) is 8. The van der Waals surface area contributed by atoms with Crippen LogP contribution in [0.2, 0.25) is 0 Å². The lowest BCUT2D eigenvalue weighted by atomic mass is 10.1. The molecule has 0 aromatic carbocycles. The normalized spacial score (nSPS) is 19.8. The van der Waals surface area contributed by atoms with Crippen molar-refractivity contribution in [1.82, 2.24) is 9.62 Å². The third kappa shape index (κ3) is 6.17. The van der Waals surface area contributed by atoms with E-state index in [1.54, 1.807) is 25.1 Å². The Morgan fingerprint density at radius 3 is 2.92 bits per heavy atom. The molecule has 1 aliphatic rings. The Morgan fingerprint density at radius 2 is 2.28 bits per heavy atom. The van der Waals surface area contributed by atoms with Gasteiger partial charge in [-0.05, 0) is 49.9 Å². The summed E-state index contributed by atoms with van der Waals surface area (Å²) in [6, 6.07) is 1.83. The van der Waals surface area contributed by atoms with Crippen LogP contribution in [0.3, 0.4) is 0 Å². The van der Waals surface area contributed by atoms with E-state index in [9.17, 15) is 8.42 Å². The number of primary sulfonamides is 1. The number of nitrogens with one attached hydrogen (secondary N) is 1. The van der Waals surface area contributed by atoms with Crippen molar-refractivity contribution in [1.29, 1.82) is 0 Å². The van der Waals surface area contributed by atoms with Crippen molar-refractivity contribution in [2.24, 2.45) is 5.14 Å². The van der Waals surface area contributed by atoms with E-state index < -0.39 is 10.0 Å². The maximum Gasteiger partial charge on any atom is 0.247 e. The smallest absolute Gasteiger partial charge is 0.247 e. The summed E-state index contributed by atoms with van der Waals surface area (Å²) >= 11 is 2.85. The van der Waals surface area contributed by atoms with E-state index in [-0.39, 0.29) is 16.5 Å². The number of methoxy groups -OCH3 is 1. The first-order valence-electron chi connectivity index (χ1n) is 8.32. The average Bonchev–Trinajstić information content (AvgIpc) is 3.00. The van der Waals surface area contributed by atoms with E-state index in [1.165, 1.54) is 11.3 Å². The number of ether oxygens (including phenoxy) is 2. The summed E-state index contributed by atoms with van der Waals surface area (Å²) in [7, 11) is -2.05. The van der Waals surface area contributed by atoms with Crippen LogP contribution in [-0.4, -0.2) is 52.4 Å². The minimum atomic E-state index is -3.67. The highest BCUT2D eigenvalue weighted by molar-refractivity contribution is 7.99. The largest absolute Gasteiger partial charge is 0.356 e. The third-order valence-corrected chi connectivity index (χ3v) is 7.66. The molecular weight excluding hydrogens is 382 g/mol. The van der Waals surface area contributed by atoms with Gasteiger partial charge in [0.2, 0.25) is 10.0 Å². The molecule has 0 fully saturated rings. The molecule has 1 aliphatic heterocycles. The zero-order chi connectivity index (χ0) is 18.4. The van der Waals surface area contributed by atoms with Crippen molar-refractivity contribution in [3.63, 3.8) is 0 Å². The van der Waals surface area contributed by atoms with Crippen molar-refractivity contribution in [3.8, 4) is 0 Å². The molecule has 2 atom stereocenters. The zero-order valence-corrected chi connectivity index (χ0v) is 17.3. The second-order valence-electron chi connectivity index (χ2n) is 5.87. The van der Waals surface area contributed by atoms with Gasteiger partial charge in [0.25, 0.3) is 0 Å². The fourth-order valence-electron chi connectivity index (χ4n) is 2.46. The van der Waals surface area contributed by atoms with E-state index in [0.717, 1.165) is 42.2 Å². The monoisotopic (exact) mass is 409 g/mol. The molecule has 3 N–H and O–H groups in total. The maximum atomic E-state index is 11.7. The summed E-state index contributed by atoms with van der Waals surface area (Å²) in [6.07, 6.45) is 1.70. The van der Waals surface area contributed by atoms with E-state index in [4.69, 9.17) is 14.6 Å². The number of rotatable bonds is 10. The molecule has 0 bridgehead atoms. The summed E-state index contributed by atoms with van der Waals surface area (Å²) < 4.78 is 37.4. The number of thiophene rings is 1. The minimum absolute atomic E-state index is 0.113. The molecule has 1 aromatic rings. The van der Waals surface area contributed by atoms with Gasteiger partial charge >= 0.3 is 0 Å².